The van der Waals surface area contributed by atoms with Gasteiger partial charge in [0.1, 0.15) is 5.41 Å². The molecule has 3 rings (SSSR count). The Labute approximate surface area is 148 Å². The first-order valence-corrected chi connectivity index (χ1v) is 8.84. The monoisotopic (exact) mass is 339 g/mol. The van der Waals surface area contributed by atoms with Crippen molar-refractivity contribution in [3.05, 3.63) is 36.5 Å². The molecule has 1 fully saturated rings. The van der Waals surface area contributed by atoms with Crippen molar-refractivity contribution >= 4 is 28.4 Å². The summed E-state index contributed by atoms with van der Waals surface area (Å²) in [5.74, 6) is 0.0810. The van der Waals surface area contributed by atoms with Gasteiger partial charge in [0.15, 0.2) is 0 Å². The summed E-state index contributed by atoms with van der Waals surface area (Å²) in [6.07, 6.45) is 3.83. The molecule has 2 heterocycles. The third-order valence-corrected chi connectivity index (χ3v) is 4.93. The fraction of sp³-hybridized carbons (Fsp3) is 0.450. The Morgan fingerprint density at radius 1 is 1.24 bits per heavy atom. The van der Waals surface area contributed by atoms with E-state index < -0.39 is 5.41 Å². The largest absolute Gasteiger partial charge is 0.342 e. The molecular formula is C20H25N3O2. The minimum atomic E-state index is -1.12. The highest BCUT2D eigenvalue weighted by Crippen LogP contribution is 2.27. The maximum Gasteiger partial charge on any atom is 0.239 e. The quantitative estimate of drug-likeness (QED) is 0.871. The average molecular weight is 339 g/mol. The van der Waals surface area contributed by atoms with Crippen LogP contribution in [0.3, 0.4) is 0 Å². The van der Waals surface area contributed by atoms with Crippen molar-refractivity contribution in [3.8, 4) is 0 Å². The number of carbonyl (C=O) groups excluding carboxylic acids is 2. The summed E-state index contributed by atoms with van der Waals surface area (Å²) >= 11 is 0. The van der Waals surface area contributed by atoms with Crippen molar-refractivity contribution in [2.75, 3.05) is 18.4 Å². The molecule has 1 aromatic heterocycles. The summed E-state index contributed by atoms with van der Waals surface area (Å²) < 4.78 is 0. The average Bonchev–Trinajstić information content (AvgIpc) is 2.61. The molecule has 1 aliphatic rings. The first-order valence-electron chi connectivity index (χ1n) is 8.84. The molecule has 25 heavy (non-hydrogen) atoms. The Kier molecular flexibility index (Phi) is 4.75. The van der Waals surface area contributed by atoms with Gasteiger partial charge in [-0.25, -0.2) is 0 Å². The zero-order chi connectivity index (χ0) is 18.0. The van der Waals surface area contributed by atoms with Crippen LogP contribution < -0.4 is 5.32 Å². The molecule has 1 atom stereocenters. The van der Waals surface area contributed by atoms with E-state index in [2.05, 4.69) is 17.2 Å². The topological polar surface area (TPSA) is 62.3 Å². The maximum atomic E-state index is 12.9. The van der Waals surface area contributed by atoms with Crippen molar-refractivity contribution < 1.29 is 9.59 Å². The predicted molar refractivity (Wildman–Crippen MR) is 99.1 cm³/mol. The lowest BCUT2D eigenvalue weighted by Gasteiger charge is -2.36. The van der Waals surface area contributed by atoms with Gasteiger partial charge in [-0.1, -0.05) is 25.1 Å². The summed E-state index contributed by atoms with van der Waals surface area (Å²) in [4.78, 5) is 31.9. The summed E-state index contributed by atoms with van der Waals surface area (Å²) in [7, 11) is 0. The Hall–Kier alpha value is -2.43. The van der Waals surface area contributed by atoms with Crippen LogP contribution in [0, 0.1) is 11.3 Å². The molecule has 0 spiro atoms. The lowest BCUT2D eigenvalue weighted by molar-refractivity contribution is -0.147. The number of nitrogens with one attached hydrogen (secondary N) is 1. The van der Waals surface area contributed by atoms with Crippen LogP contribution in [0.1, 0.15) is 33.6 Å². The number of hydrogen-bond acceptors (Lipinski definition) is 3. The van der Waals surface area contributed by atoms with Crippen LogP contribution in [0.15, 0.2) is 36.5 Å². The highest BCUT2D eigenvalue weighted by atomic mass is 16.2. The number of fused-ring (bicyclic) bond motifs is 1. The van der Waals surface area contributed by atoms with E-state index in [4.69, 9.17) is 0 Å². The fourth-order valence-corrected chi connectivity index (χ4v) is 3.35. The van der Waals surface area contributed by atoms with Crippen LogP contribution in [0.2, 0.25) is 0 Å². The highest BCUT2D eigenvalue weighted by molar-refractivity contribution is 6.12. The first-order chi connectivity index (χ1) is 11.9. The molecule has 0 bridgehead atoms. The number of aromatic nitrogens is 1. The van der Waals surface area contributed by atoms with Crippen molar-refractivity contribution in [1.82, 2.24) is 9.88 Å². The van der Waals surface area contributed by atoms with E-state index in [0.717, 1.165) is 36.8 Å². The van der Waals surface area contributed by atoms with Crippen LogP contribution in [-0.2, 0) is 9.59 Å². The normalized spacial score (nSPS) is 18.2. The maximum absolute atomic E-state index is 12.9. The number of piperidine rings is 1. The van der Waals surface area contributed by atoms with Crippen LogP contribution in [0.5, 0.6) is 0 Å². The second-order valence-electron chi connectivity index (χ2n) is 7.46. The van der Waals surface area contributed by atoms with Crippen molar-refractivity contribution in [2.45, 2.75) is 33.6 Å². The van der Waals surface area contributed by atoms with Crippen molar-refractivity contribution in [3.63, 3.8) is 0 Å². The standard InChI is InChI=1S/C20H25N3O2/c1-14-7-6-12-23(13-14)19(25)20(2,3)18(24)22-16-10-4-8-15-9-5-11-21-17(15)16/h4-5,8-11,14H,6-7,12-13H2,1-3H3,(H,22,24). The van der Waals surface area contributed by atoms with E-state index in [-0.39, 0.29) is 11.8 Å². The van der Waals surface area contributed by atoms with E-state index in [1.807, 2.05) is 35.2 Å². The van der Waals surface area contributed by atoms with Gasteiger partial charge in [-0.2, -0.15) is 0 Å². The summed E-state index contributed by atoms with van der Waals surface area (Å²) in [6.45, 7) is 7.00. The summed E-state index contributed by atoms with van der Waals surface area (Å²) in [6, 6.07) is 9.45. The third-order valence-electron chi connectivity index (χ3n) is 4.93. The van der Waals surface area contributed by atoms with Gasteiger partial charge in [0.05, 0.1) is 11.2 Å². The number of pyridine rings is 1. The van der Waals surface area contributed by atoms with Gasteiger partial charge in [0, 0.05) is 24.7 Å². The second-order valence-corrected chi connectivity index (χ2v) is 7.46. The van der Waals surface area contributed by atoms with Crippen LogP contribution in [0.25, 0.3) is 10.9 Å². The van der Waals surface area contributed by atoms with Gasteiger partial charge in [-0.3, -0.25) is 14.6 Å². The van der Waals surface area contributed by atoms with E-state index in [0.29, 0.717) is 11.6 Å². The van der Waals surface area contributed by atoms with Crippen molar-refractivity contribution in [1.29, 1.82) is 0 Å². The molecule has 5 nitrogen and oxygen atoms in total. The molecule has 1 unspecified atom stereocenters. The van der Waals surface area contributed by atoms with Gasteiger partial charge in [0.25, 0.3) is 0 Å². The number of rotatable bonds is 3. The molecule has 0 saturated carbocycles. The van der Waals surface area contributed by atoms with E-state index >= 15 is 0 Å². The molecule has 0 radical (unpaired) electrons. The number of hydrogen-bond donors (Lipinski definition) is 1. The van der Waals surface area contributed by atoms with Gasteiger partial charge in [-0.15, -0.1) is 0 Å². The Balaban J connectivity index is 1.80. The van der Waals surface area contributed by atoms with Crippen LogP contribution in [0.4, 0.5) is 5.69 Å². The minimum Gasteiger partial charge on any atom is -0.342 e. The van der Waals surface area contributed by atoms with E-state index in [1.165, 1.54) is 0 Å². The fourth-order valence-electron chi connectivity index (χ4n) is 3.35. The number of para-hydroxylation sites is 1. The molecule has 1 aliphatic heterocycles. The molecule has 5 heteroatoms. The van der Waals surface area contributed by atoms with Gasteiger partial charge < -0.3 is 10.2 Å². The molecule has 1 N–H and O–H groups in total. The van der Waals surface area contributed by atoms with Crippen molar-refractivity contribution in [2.24, 2.45) is 11.3 Å². The second kappa shape index (κ2) is 6.82. The van der Waals surface area contributed by atoms with Gasteiger partial charge in [-0.05, 0) is 44.7 Å². The number of likely N-dealkylation sites (tertiary alicyclic amines) is 1. The molecule has 1 saturated heterocycles. The number of benzene rings is 1. The smallest absolute Gasteiger partial charge is 0.239 e. The van der Waals surface area contributed by atoms with E-state index in [1.54, 1.807) is 20.0 Å². The predicted octanol–water partition coefficient (Wildman–Crippen LogP) is 3.46. The number of carbonyl (C=O) groups is 2. The van der Waals surface area contributed by atoms with E-state index in [9.17, 15) is 9.59 Å². The number of amides is 2. The third kappa shape index (κ3) is 3.50. The zero-order valence-electron chi connectivity index (χ0n) is 15.1. The first kappa shape index (κ1) is 17.4. The molecule has 2 aromatic rings. The number of nitrogens with zero attached hydrogens (tertiary/aromatic N) is 2. The minimum absolute atomic E-state index is 0.107. The SMILES string of the molecule is CC1CCCN(C(=O)C(C)(C)C(=O)Nc2cccc3cccnc23)C1. The van der Waals surface area contributed by atoms with Crippen LogP contribution >= 0.6 is 0 Å². The zero-order valence-corrected chi connectivity index (χ0v) is 15.1. The van der Waals surface area contributed by atoms with Crippen LogP contribution in [-0.4, -0.2) is 34.8 Å². The van der Waals surface area contributed by atoms with Gasteiger partial charge >= 0.3 is 0 Å². The lowest BCUT2D eigenvalue weighted by atomic mass is 9.88. The summed E-state index contributed by atoms with van der Waals surface area (Å²) in [5, 5.41) is 3.86. The summed E-state index contributed by atoms with van der Waals surface area (Å²) in [5.41, 5.74) is 0.248. The highest BCUT2D eigenvalue weighted by Gasteiger charge is 2.40. The molecule has 2 amide bonds. The Morgan fingerprint density at radius 3 is 2.76 bits per heavy atom. The lowest BCUT2D eigenvalue weighted by Crippen LogP contribution is -2.50. The Bertz CT molecular complexity index is 795. The number of anilines is 1. The molecular weight excluding hydrogens is 314 g/mol. The molecule has 0 aliphatic carbocycles. The molecule has 132 valence electrons. The van der Waals surface area contributed by atoms with Gasteiger partial charge in [0.2, 0.25) is 11.8 Å². The molecule has 1 aromatic carbocycles. The Morgan fingerprint density at radius 2 is 2.00 bits per heavy atom.